The van der Waals surface area contributed by atoms with Crippen LogP contribution in [-0.2, 0) is 4.79 Å². The number of hydrogen-bond donors (Lipinski definition) is 1. The molecule has 0 radical (unpaired) electrons. The third-order valence-electron chi connectivity index (χ3n) is 8.08. The Labute approximate surface area is 196 Å². The van der Waals surface area contributed by atoms with Crippen LogP contribution in [0, 0.1) is 5.92 Å². The Morgan fingerprint density at radius 3 is 2.52 bits per heavy atom. The second kappa shape index (κ2) is 9.32. The van der Waals surface area contributed by atoms with E-state index >= 15 is 0 Å². The number of rotatable bonds is 6. The van der Waals surface area contributed by atoms with Crippen LogP contribution >= 0.6 is 0 Å². The summed E-state index contributed by atoms with van der Waals surface area (Å²) in [4.78, 5) is 27.1. The Hall–Kier alpha value is -2.63. The number of carbonyl (C=O) groups excluding carboxylic acids is 1. The van der Waals surface area contributed by atoms with Gasteiger partial charge in [-0.05, 0) is 68.6 Å². The minimum Gasteiger partial charge on any atom is -0.478 e. The molecule has 3 aliphatic rings. The van der Waals surface area contributed by atoms with Gasteiger partial charge in [-0.15, -0.1) is 0 Å². The largest absolute Gasteiger partial charge is 0.478 e. The maximum absolute atomic E-state index is 13.3. The molecule has 0 spiro atoms. The van der Waals surface area contributed by atoms with Crippen molar-refractivity contribution in [3.05, 3.63) is 47.3 Å². The van der Waals surface area contributed by atoms with Gasteiger partial charge in [-0.1, -0.05) is 37.8 Å². The lowest BCUT2D eigenvalue weighted by molar-refractivity contribution is -0.138. The van der Waals surface area contributed by atoms with Crippen molar-refractivity contribution < 1.29 is 14.7 Å². The van der Waals surface area contributed by atoms with E-state index in [-0.39, 0.29) is 11.8 Å². The first-order valence-electron chi connectivity index (χ1n) is 12.7. The Morgan fingerprint density at radius 2 is 1.79 bits per heavy atom. The Kier molecular flexibility index (Phi) is 6.26. The maximum Gasteiger partial charge on any atom is 0.339 e. The highest BCUT2D eigenvalue weighted by Gasteiger charge is 2.34. The zero-order chi connectivity index (χ0) is 22.9. The summed E-state index contributed by atoms with van der Waals surface area (Å²) in [7, 11) is 2.01. The molecule has 6 nitrogen and oxygen atoms in total. The lowest BCUT2D eigenvalue weighted by atomic mass is 9.77. The fourth-order valence-electron chi connectivity index (χ4n) is 6.04. The summed E-state index contributed by atoms with van der Waals surface area (Å²) in [5, 5.41) is 14.0. The average molecular weight is 450 g/mol. The summed E-state index contributed by atoms with van der Waals surface area (Å²) < 4.78 is 1.83. The number of carbonyl (C=O) groups is 2. The van der Waals surface area contributed by atoms with Crippen molar-refractivity contribution in [2.75, 3.05) is 7.05 Å². The number of amides is 1. The van der Waals surface area contributed by atoms with E-state index in [1.165, 1.54) is 31.0 Å². The van der Waals surface area contributed by atoms with Crippen LogP contribution < -0.4 is 0 Å². The van der Waals surface area contributed by atoms with E-state index in [2.05, 4.69) is 22.1 Å². The number of benzene rings is 1. The first-order chi connectivity index (χ1) is 16.0. The highest BCUT2D eigenvalue weighted by atomic mass is 16.4. The summed E-state index contributed by atoms with van der Waals surface area (Å²) in [6.45, 7) is 0. The van der Waals surface area contributed by atoms with Gasteiger partial charge in [-0.3, -0.25) is 4.79 Å². The van der Waals surface area contributed by atoms with Crippen molar-refractivity contribution in [2.24, 2.45) is 5.92 Å². The van der Waals surface area contributed by atoms with E-state index in [9.17, 15) is 14.7 Å². The standard InChI is InChI=1S/C27H35N3O3/c1-29(22-10-3-2-4-11-22)26(31)21-9-5-7-19(15-21)20-8-6-12-23(16-20)30-25(18-13-14-18)24(17-28-30)27(32)33/h6,8,12,16-19,21-22H,2-5,7,9-11,13-15H2,1H3,(H,32,33). The number of carboxylic acids is 1. The van der Waals surface area contributed by atoms with E-state index in [0.29, 0.717) is 23.4 Å². The average Bonchev–Trinajstić information content (AvgIpc) is 3.60. The normalized spacial score (nSPS) is 23.9. The second-order valence-corrected chi connectivity index (χ2v) is 10.3. The maximum atomic E-state index is 13.3. The van der Waals surface area contributed by atoms with Crippen molar-refractivity contribution >= 4 is 11.9 Å². The molecule has 6 heteroatoms. The van der Waals surface area contributed by atoms with E-state index in [4.69, 9.17) is 0 Å². The molecule has 2 unspecified atom stereocenters. The SMILES string of the molecule is CN(C(=O)C1CCCC(c2cccc(-n3ncc(C(=O)O)c3C3CC3)c2)C1)C1CCCCC1. The number of aromatic nitrogens is 2. The van der Waals surface area contributed by atoms with Gasteiger partial charge in [-0.25, -0.2) is 9.48 Å². The molecule has 1 aromatic heterocycles. The molecule has 3 aliphatic carbocycles. The summed E-state index contributed by atoms with van der Waals surface area (Å²) in [5.74, 6) is 0.164. The smallest absolute Gasteiger partial charge is 0.339 e. The molecule has 2 atom stereocenters. The number of carboxylic acid groups (broad SMARTS) is 1. The quantitative estimate of drug-likeness (QED) is 0.631. The second-order valence-electron chi connectivity index (χ2n) is 10.3. The molecule has 5 rings (SSSR count). The van der Waals surface area contributed by atoms with Crippen molar-refractivity contribution in [2.45, 2.75) is 88.5 Å². The van der Waals surface area contributed by atoms with Crippen LogP contribution in [0.3, 0.4) is 0 Å². The number of hydrogen-bond acceptors (Lipinski definition) is 3. The van der Waals surface area contributed by atoms with Crippen LogP contribution in [0.4, 0.5) is 0 Å². The van der Waals surface area contributed by atoms with Gasteiger partial charge in [0.05, 0.1) is 17.6 Å². The molecule has 0 bridgehead atoms. The monoisotopic (exact) mass is 449 g/mol. The van der Waals surface area contributed by atoms with Gasteiger partial charge >= 0.3 is 5.97 Å². The molecule has 2 aromatic rings. The van der Waals surface area contributed by atoms with Crippen molar-refractivity contribution in [1.82, 2.24) is 14.7 Å². The predicted octanol–water partition coefficient (Wildman–Crippen LogP) is 5.51. The third kappa shape index (κ3) is 4.57. The van der Waals surface area contributed by atoms with E-state index in [1.807, 2.05) is 23.9 Å². The van der Waals surface area contributed by atoms with Crippen molar-refractivity contribution in [1.29, 1.82) is 0 Å². The molecule has 3 saturated carbocycles. The first kappa shape index (κ1) is 22.2. The molecule has 1 amide bonds. The fraction of sp³-hybridized carbons (Fsp3) is 0.593. The molecular formula is C27H35N3O3. The zero-order valence-corrected chi connectivity index (χ0v) is 19.6. The Bertz CT molecular complexity index is 1020. The first-order valence-corrected chi connectivity index (χ1v) is 12.7. The molecule has 0 saturated heterocycles. The van der Waals surface area contributed by atoms with Crippen LogP contribution in [0.25, 0.3) is 5.69 Å². The van der Waals surface area contributed by atoms with Crippen LogP contribution in [0.5, 0.6) is 0 Å². The topological polar surface area (TPSA) is 75.4 Å². The molecular weight excluding hydrogens is 414 g/mol. The number of nitrogens with zero attached hydrogens (tertiary/aromatic N) is 3. The molecule has 1 N–H and O–H groups in total. The van der Waals surface area contributed by atoms with E-state index < -0.39 is 5.97 Å². The van der Waals surface area contributed by atoms with Crippen LogP contribution in [0.15, 0.2) is 30.5 Å². The molecule has 176 valence electrons. The van der Waals surface area contributed by atoms with Gasteiger partial charge < -0.3 is 10.0 Å². The van der Waals surface area contributed by atoms with Crippen LogP contribution in [-0.4, -0.2) is 44.8 Å². The highest BCUT2D eigenvalue weighted by molar-refractivity contribution is 5.89. The summed E-state index contributed by atoms with van der Waals surface area (Å²) >= 11 is 0. The third-order valence-corrected chi connectivity index (χ3v) is 8.08. The van der Waals surface area contributed by atoms with E-state index in [1.54, 1.807) is 0 Å². The fourth-order valence-corrected chi connectivity index (χ4v) is 6.04. The molecule has 1 heterocycles. The molecule has 33 heavy (non-hydrogen) atoms. The van der Waals surface area contributed by atoms with Gasteiger partial charge in [0.15, 0.2) is 0 Å². The van der Waals surface area contributed by atoms with Gasteiger partial charge in [0.2, 0.25) is 5.91 Å². The van der Waals surface area contributed by atoms with E-state index in [0.717, 1.165) is 62.7 Å². The lowest BCUT2D eigenvalue weighted by Gasteiger charge is -2.36. The summed E-state index contributed by atoms with van der Waals surface area (Å²) in [6.07, 6.45) is 13.6. The lowest BCUT2D eigenvalue weighted by Crippen LogP contribution is -2.42. The van der Waals surface area contributed by atoms with Gasteiger partial charge in [0.25, 0.3) is 0 Å². The van der Waals surface area contributed by atoms with Gasteiger partial charge in [-0.2, -0.15) is 5.10 Å². The van der Waals surface area contributed by atoms with Crippen molar-refractivity contribution in [3.8, 4) is 5.69 Å². The Morgan fingerprint density at radius 1 is 1.00 bits per heavy atom. The number of aromatic carboxylic acids is 1. The molecule has 3 fully saturated rings. The minimum atomic E-state index is -0.907. The van der Waals surface area contributed by atoms with Gasteiger partial charge in [0.1, 0.15) is 5.56 Å². The van der Waals surface area contributed by atoms with Crippen molar-refractivity contribution in [3.63, 3.8) is 0 Å². The zero-order valence-electron chi connectivity index (χ0n) is 19.6. The molecule has 1 aromatic carbocycles. The molecule has 0 aliphatic heterocycles. The van der Waals surface area contributed by atoms with Crippen LogP contribution in [0.1, 0.15) is 104 Å². The summed E-state index contributed by atoms with van der Waals surface area (Å²) in [6, 6.07) is 8.79. The minimum absolute atomic E-state index is 0.102. The van der Waals surface area contributed by atoms with Gasteiger partial charge in [0, 0.05) is 24.9 Å². The Balaban J connectivity index is 1.34. The summed E-state index contributed by atoms with van der Waals surface area (Å²) in [5.41, 5.74) is 3.30. The van der Waals surface area contributed by atoms with Crippen LogP contribution in [0.2, 0.25) is 0 Å². The predicted molar refractivity (Wildman–Crippen MR) is 127 cm³/mol. The highest BCUT2D eigenvalue weighted by Crippen LogP contribution is 2.43.